The lowest BCUT2D eigenvalue weighted by Crippen LogP contribution is -2.33. The van der Waals surface area contributed by atoms with Gasteiger partial charge in [0.2, 0.25) is 0 Å². The summed E-state index contributed by atoms with van der Waals surface area (Å²) in [6, 6.07) is 9.01. The molecule has 5 nitrogen and oxygen atoms in total. The van der Waals surface area contributed by atoms with Crippen LogP contribution in [0.15, 0.2) is 49.2 Å². The van der Waals surface area contributed by atoms with Crippen LogP contribution in [-0.2, 0) is 19.9 Å². The molecule has 0 saturated carbocycles. The molecule has 1 aliphatic rings. The molecule has 1 N–H and O–H groups in total. The summed E-state index contributed by atoms with van der Waals surface area (Å²) < 4.78 is 2.09. The molecular formula is C22H27N5. The average molecular weight is 361 g/mol. The number of aromatic nitrogens is 4. The normalized spacial score (nSPS) is 19.9. The van der Waals surface area contributed by atoms with E-state index in [0.29, 0.717) is 6.04 Å². The summed E-state index contributed by atoms with van der Waals surface area (Å²) in [6.45, 7) is 2.15. The van der Waals surface area contributed by atoms with Crippen molar-refractivity contribution < 1.29 is 0 Å². The van der Waals surface area contributed by atoms with E-state index in [4.69, 9.17) is 4.98 Å². The second-order valence-electron chi connectivity index (χ2n) is 7.45. The van der Waals surface area contributed by atoms with Crippen LogP contribution in [0.4, 0.5) is 0 Å². The molecule has 0 amide bonds. The standard InChI is InChI=1S/C22H27N5/c1-16-6-4-12-24-21(16)19-8-3-9-20(26-19)22-17(7-5-13-25-22)10-11-18-14-23-15-27(18)2/h4-7,12-15,19-20,26H,3,8-11H2,1-2H3/t19-,20+/m0/s1. The van der Waals surface area contributed by atoms with E-state index in [1.807, 2.05) is 37.1 Å². The van der Waals surface area contributed by atoms with Gasteiger partial charge in [0.15, 0.2) is 0 Å². The molecule has 0 spiro atoms. The Kier molecular flexibility index (Phi) is 5.30. The van der Waals surface area contributed by atoms with E-state index in [0.717, 1.165) is 25.7 Å². The maximum Gasteiger partial charge on any atom is 0.0945 e. The molecule has 0 radical (unpaired) electrons. The van der Waals surface area contributed by atoms with Crippen LogP contribution in [0.2, 0.25) is 0 Å². The fourth-order valence-electron chi connectivity index (χ4n) is 4.09. The smallest absolute Gasteiger partial charge is 0.0945 e. The van der Waals surface area contributed by atoms with Gasteiger partial charge in [-0.1, -0.05) is 12.1 Å². The Morgan fingerprint density at radius 3 is 2.52 bits per heavy atom. The van der Waals surface area contributed by atoms with Gasteiger partial charge in [0.1, 0.15) is 0 Å². The number of imidazole rings is 1. The second-order valence-corrected chi connectivity index (χ2v) is 7.45. The summed E-state index contributed by atoms with van der Waals surface area (Å²) in [5.74, 6) is 0. The molecule has 140 valence electrons. The Labute approximate surface area is 160 Å². The van der Waals surface area contributed by atoms with Gasteiger partial charge in [-0.25, -0.2) is 4.98 Å². The minimum Gasteiger partial charge on any atom is -0.338 e. The highest BCUT2D eigenvalue weighted by Crippen LogP contribution is 2.33. The predicted octanol–water partition coefficient (Wildman–Crippen LogP) is 3.86. The molecular weight excluding hydrogens is 334 g/mol. The molecule has 1 saturated heterocycles. The number of hydrogen-bond donors (Lipinski definition) is 1. The third-order valence-corrected chi connectivity index (χ3v) is 5.59. The fraction of sp³-hybridized carbons (Fsp3) is 0.409. The number of nitrogens with one attached hydrogen (secondary N) is 1. The Hall–Kier alpha value is -2.53. The Balaban J connectivity index is 1.52. The maximum absolute atomic E-state index is 4.77. The van der Waals surface area contributed by atoms with Crippen molar-refractivity contribution in [3.63, 3.8) is 0 Å². The third-order valence-electron chi connectivity index (χ3n) is 5.59. The van der Waals surface area contributed by atoms with Crippen molar-refractivity contribution in [1.82, 2.24) is 24.8 Å². The van der Waals surface area contributed by atoms with Crippen molar-refractivity contribution in [2.75, 3.05) is 0 Å². The summed E-state index contributed by atoms with van der Waals surface area (Å²) in [4.78, 5) is 13.6. The summed E-state index contributed by atoms with van der Waals surface area (Å²) in [7, 11) is 2.05. The van der Waals surface area contributed by atoms with Crippen molar-refractivity contribution in [2.24, 2.45) is 7.05 Å². The molecule has 1 fully saturated rings. The summed E-state index contributed by atoms with van der Waals surface area (Å²) in [6.07, 6.45) is 13.0. The van der Waals surface area contributed by atoms with Gasteiger partial charge in [0, 0.05) is 31.3 Å². The van der Waals surface area contributed by atoms with Gasteiger partial charge in [0.25, 0.3) is 0 Å². The lowest BCUT2D eigenvalue weighted by atomic mass is 9.90. The number of pyridine rings is 2. The Morgan fingerprint density at radius 2 is 1.78 bits per heavy atom. The quantitative estimate of drug-likeness (QED) is 0.750. The van der Waals surface area contributed by atoms with Crippen LogP contribution in [-0.4, -0.2) is 19.5 Å². The fourth-order valence-corrected chi connectivity index (χ4v) is 4.09. The second kappa shape index (κ2) is 8.01. The van der Waals surface area contributed by atoms with Crippen LogP contribution < -0.4 is 5.32 Å². The van der Waals surface area contributed by atoms with Crippen LogP contribution in [0, 0.1) is 6.92 Å². The highest BCUT2D eigenvalue weighted by atomic mass is 15.0. The van der Waals surface area contributed by atoms with Gasteiger partial charge in [-0.2, -0.15) is 0 Å². The van der Waals surface area contributed by atoms with E-state index in [1.54, 1.807) is 0 Å². The van der Waals surface area contributed by atoms with Crippen molar-refractivity contribution in [1.29, 1.82) is 0 Å². The van der Waals surface area contributed by atoms with E-state index >= 15 is 0 Å². The van der Waals surface area contributed by atoms with Gasteiger partial charge in [-0.05, 0) is 62.3 Å². The van der Waals surface area contributed by atoms with Gasteiger partial charge >= 0.3 is 0 Å². The maximum atomic E-state index is 4.77. The third kappa shape index (κ3) is 3.93. The molecule has 2 atom stereocenters. The molecule has 1 aliphatic heterocycles. The zero-order valence-electron chi connectivity index (χ0n) is 16.1. The predicted molar refractivity (Wildman–Crippen MR) is 106 cm³/mol. The summed E-state index contributed by atoms with van der Waals surface area (Å²) in [5.41, 5.74) is 6.21. The molecule has 0 aliphatic carbocycles. The van der Waals surface area contributed by atoms with Gasteiger partial charge in [-0.3, -0.25) is 9.97 Å². The zero-order chi connectivity index (χ0) is 18.6. The molecule has 0 bridgehead atoms. The van der Waals surface area contributed by atoms with E-state index in [1.165, 1.54) is 34.6 Å². The lowest BCUT2D eigenvalue weighted by molar-refractivity contribution is 0.319. The molecule has 27 heavy (non-hydrogen) atoms. The first-order valence-corrected chi connectivity index (χ1v) is 9.79. The van der Waals surface area contributed by atoms with E-state index in [2.05, 4.69) is 46.0 Å². The molecule has 3 aromatic heterocycles. The van der Waals surface area contributed by atoms with Crippen LogP contribution >= 0.6 is 0 Å². The Bertz CT molecular complexity index is 901. The number of piperidine rings is 1. The molecule has 4 rings (SSSR count). The molecule has 0 aromatic carbocycles. The topological polar surface area (TPSA) is 55.6 Å². The monoisotopic (exact) mass is 361 g/mol. The van der Waals surface area contributed by atoms with Crippen LogP contribution in [0.1, 0.15) is 59.6 Å². The lowest BCUT2D eigenvalue weighted by Gasteiger charge is -2.32. The first kappa shape index (κ1) is 17.9. The van der Waals surface area contributed by atoms with Crippen molar-refractivity contribution in [3.8, 4) is 0 Å². The number of aryl methyl sites for hydroxylation is 4. The summed E-state index contributed by atoms with van der Waals surface area (Å²) in [5, 5.41) is 3.83. The van der Waals surface area contributed by atoms with Crippen molar-refractivity contribution >= 4 is 0 Å². The largest absolute Gasteiger partial charge is 0.338 e. The number of nitrogens with zero attached hydrogens (tertiary/aromatic N) is 4. The number of hydrogen-bond acceptors (Lipinski definition) is 4. The zero-order valence-corrected chi connectivity index (χ0v) is 16.1. The Morgan fingerprint density at radius 1 is 1.04 bits per heavy atom. The highest BCUT2D eigenvalue weighted by Gasteiger charge is 2.27. The SMILES string of the molecule is Cc1cccnc1[C@@H]1CCC[C@H](c2ncccc2CCc2cncn2C)N1. The van der Waals surface area contributed by atoms with Crippen molar-refractivity contribution in [2.45, 2.75) is 51.1 Å². The first-order chi connectivity index (χ1) is 13.2. The van der Waals surface area contributed by atoms with Gasteiger partial charge in [0.05, 0.1) is 29.8 Å². The van der Waals surface area contributed by atoms with Crippen LogP contribution in [0.25, 0.3) is 0 Å². The molecule has 5 heteroatoms. The van der Waals surface area contributed by atoms with Gasteiger partial charge in [-0.15, -0.1) is 0 Å². The highest BCUT2D eigenvalue weighted by molar-refractivity contribution is 5.27. The average Bonchev–Trinajstić information content (AvgIpc) is 3.12. The molecule has 3 aromatic rings. The van der Waals surface area contributed by atoms with E-state index in [-0.39, 0.29) is 6.04 Å². The molecule has 4 heterocycles. The summed E-state index contributed by atoms with van der Waals surface area (Å²) >= 11 is 0. The van der Waals surface area contributed by atoms with Crippen LogP contribution in [0.3, 0.4) is 0 Å². The first-order valence-electron chi connectivity index (χ1n) is 9.79. The van der Waals surface area contributed by atoms with Crippen LogP contribution in [0.5, 0.6) is 0 Å². The minimum atomic E-state index is 0.285. The van der Waals surface area contributed by atoms with E-state index < -0.39 is 0 Å². The number of rotatable bonds is 5. The van der Waals surface area contributed by atoms with Gasteiger partial charge < -0.3 is 9.88 Å². The van der Waals surface area contributed by atoms with Crippen molar-refractivity contribution in [3.05, 3.63) is 77.4 Å². The van der Waals surface area contributed by atoms with E-state index in [9.17, 15) is 0 Å². The molecule has 0 unspecified atom stereocenters. The minimum absolute atomic E-state index is 0.285.